The van der Waals surface area contributed by atoms with E-state index in [4.69, 9.17) is 0 Å². The minimum atomic E-state index is -0.0895. The third-order valence-electron chi connectivity index (χ3n) is 4.84. The minimum Gasteiger partial charge on any atom is -0.372 e. The highest BCUT2D eigenvalue weighted by molar-refractivity contribution is 6.05. The highest BCUT2D eigenvalue weighted by atomic mass is 16.1. The Morgan fingerprint density at radius 3 is 2.07 bits per heavy atom. The monoisotopic (exact) mass is 358 g/mol. The summed E-state index contributed by atoms with van der Waals surface area (Å²) in [5.41, 5.74) is 6.00. The summed E-state index contributed by atoms with van der Waals surface area (Å²) in [6, 6.07) is 24.1. The first-order valence-electron chi connectivity index (χ1n) is 9.44. The molecule has 0 saturated carbocycles. The van der Waals surface area contributed by atoms with Gasteiger partial charge in [-0.05, 0) is 67.8 Å². The third-order valence-corrected chi connectivity index (χ3v) is 4.84. The number of rotatable bonds is 6. The van der Waals surface area contributed by atoms with E-state index in [2.05, 4.69) is 48.3 Å². The molecule has 0 aromatic heterocycles. The van der Waals surface area contributed by atoms with Crippen molar-refractivity contribution >= 4 is 17.3 Å². The zero-order valence-electron chi connectivity index (χ0n) is 16.2. The Bertz CT molecular complexity index is 897. The van der Waals surface area contributed by atoms with Crippen molar-refractivity contribution in [3.63, 3.8) is 0 Å². The van der Waals surface area contributed by atoms with Crippen molar-refractivity contribution in [2.45, 2.75) is 20.8 Å². The average molecular weight is 358 g/mol. The lowest BCUT2D eigenvalue weighted by atomic mass is 10.0. The van der Waals surface area contributed by atoms with Crippen molar-refractivity contribution < 1.29 is 4.79 Å². The van der Waals surface area contributed by atoms with Crippen LogP contribution in [0.25, 0.3) is 11.1 Å². The molecule has 3 aromatic rings. The van der Waals surface area contributed by atoms with E-state index in [1.54, 1.807) is 0 Å². The highest BCUT2D eigenvalue weighted by Gasteiger charge is 2.10. The van der Waals surface area contributed by atoms with Crippen LogP contribution in [0.15, 0.2) is 72.8 Å². The van der Waals surface area contributed by atoms with Crippen molar-refractivity contribution in [3.05, 3.63) is 83.9 Å². The molecule has 0 unspecified atom stereocenters. The largest absolute Gasteiger partial charge is 0.372 e. The first kappa shape index (κ1) is 18.7. The number of aryl methyl sites for hydroxylation is 1. The quantitative estimate of drug-likeness (QED) is 0.607. The smallest absolute Gasteiger partial charge is 0.255 e. The summed E-state index contributed by atoms with van der Waals surface area (Å²) in [5, 5.41) is 3.03. The SMILES string of the molecule is CCN(CC)c1ccc(NC(=O)c2ccc(-c3ccccc3)cc2)c(C)c1. The number of benzene rings is 3. The fourth-order valence-corrected chi connectivity index (χ4v) is 3.21. The lowest BCUT2D eigenvalue weighted by Crippen LogP contribution is -2.22. The van der Waals surface area contributed by atoms with Gasteiger partial charge in [0.1, 0.15) is 0 Å². The van der Waals surface area contributed by atoms with Gasteiger partial charge in [0.25, 0.3) is 5.91 Å². The first-order valence-corrected chi connectivity index (χ1v) is 9.44. The van der Waals surface area contributed by atoms with Gasteiger partial charge in [0, 0.05) is 30.0 Å². The molecular weight excluding hydrogens is 332 g/mol. The summed E-state index contributed by atoms with van der Waals surface area (Å²) >= 11 is 0. The van der Waals surface area contributed by atoms with Gasteiger partial charge in [-0.15, -0.1) is 0 Å². The molecule has 0 fully saturated rings. The number of nitrogens with zero attached hydrogens (tertiary/aromatic N) is 1. The van der Waals surface area contributed by atoms with E-state index in [9.17, 15) is 4.79 Å². The molecular formula is C24H26N2O. The van der Waals surface area contributed by atoms with Crippen molar-refractivity contribution in [2.24, 2.45) is 0 Å². The molecule has 0 saturated heterocycles. The van der Waals surface area contributed by atoms with Crippen molar-refractivity contribution in [1.82, 2.24) is 0 Å². The summed E-state index contributed by atoms with van der Waals surface area (Å²) < 4.78 is 0. The summed E-state index contributed by atoms with van der Waals surface area (Å²) in [5.74, 6) is -0.0895. The fourth-order valence-electron chi connectivity index (χ4n) is 3.21. The van der Waals surface area contributed by atoms with Crippen LogP contribution in [0.1, 0.15) is 29.8 Å². The van der Waals surface area contributed by atoms with E-state index < -0.39 is 0 Å². The normalized spacial score (nSPS) is 10.5. The van der Waals surface area contributed by atoms with Crippen LogP contribution in [0.3, 0.4) is 0 Å². The molecule has 0 atom stereocenters. The number of hydrogen-bond acceptors (Lipinski definition) is 2. The Hall–Kier alpha value is -3.07. The van der Waals surface area contributed by atoms with E-state index in [0.717, 1.165) is 35.5 Å². The van der Waals surface area contributed by atoms with Gasteiger partial charge in [0.15, 0.2) is 0 Å². The molecule has 0 bridgehead atoms. The molecule has 3 heteroatoms. The maximum atomic E-state index is 12.6. The molecule has 0 spiro atoms. The van der Waals surface area contributed by atoms with Crippen LogP contribution in [0.5, 0.6) is 0 Å². The number of anilines is 2. The van der Waals surface area contributed by atoms with E-state index >= 15 is 0 Å². The fraction of sp³-hybridized carbons (Fsp3) is 0.208. The average Bonchev–Trinajstić information content (AvgIpc) is 2.71. The van der Waals surface area contributed by atoms with Gasteiger partial charge in [-0.25, -0.2) is 0 Å². The van der Waals surface area contributed by atoms with Crippen molar-refractivity contribution in [3.8, 4) is 11.1 Å². The Morgan fingerprint density at radius 2 is 1.48 bits per heavy atom. The molecule has 0 aliphatic carbocycles. The number of nitrogens with one attached hydrogen (secondary N) is 1. The van der Waals surface area contributed by atoms with Gasteiger partial charge in [0.2, 0.25) is 0 Å². The van der Waals surface area contributed by atoms with Crippen LogP contribution in [0.4, 0.5) is 11.4 Å². The lowest BCUT2D eigenvalue weighted by molar-refractivity contribution is 0.102. The molecule has 1 amide bonds. The van der Waals surface area contributed by atoms with E-state index in [-0.39, 0.29) is 5.91 Å². The summed E-state index contributed by atoms with van der Waals surface area (Å²) in [7, 11) is 0. The van der Waals surface area contributed by atoms with Crippen molar-refractivity contribution in [1.29, 1.82) is 0 Å². The van der Waals surface area contributed by atoms with Crippen LogP contribution in [0, 0.1) is 6.92 Å². The number of amides is 1. The third kappa shape index (κ3) is 4.37. The van der Waals surface area contributed by atoms with Crippen LogP contribution in [-0.2, 0) is 0 Å². The predicted molar refractivity (Wildman–Crippen MR) is 115 cm³/mol. The van der Waals surface area contributed by atoms with Gasteiger partial charge >= 0.3 is 0 Å². The second kappa shape index (κ2) is 8.54. The molecule has 27 heavy (non-hydrogen) atoms. The first-order chi connectivity index (χ1) is 13.1. The highest BCUT2D eigenvalue weighted by Crippen LogP contribution is 2.24. The molecule has 1 N–H and O–H groups in total. The Balaban J connectivity index is 1.73. The number of carbonyl (C=O) groups is 1. The zero-order chi connectivity index (χ0) is 19.2. The molecule has 3 rings (SSSR count). The minimum absolute atomic E-state index is 0.0895. The van der Waals surface area contributed by atoms with E-state index in [0.29, 0.717) is 5.56 Å². The molecule has 0 radical (unpaired) electrons. The topological polar surface area (TPSA) is 32.3 Å². The second-order valence-corrected chi connectivity index (χ2v) is 6.57. The second-order valence-electron chi connectivity index (χ2n) is 6.57. The van der Waals surface area contributed by atoms with E-state index in [1.807, 2.05) is 55.5 Å². The lowest BCUT2D eigenvalue weighted by Gasteiger charge is -2.22. The Labute approximate surface area is 161 Å². The van der Waals surface area contributed by atoms with Gasteiger partial charge in [-0.2, -0.15) is 0 Å². The molecule has 138 valence electrons. The summed E-state index contributed by atoms with van der Waals surface area (Å²) in [6.07, 6.45) is 0. The van der Waals surface area contributed by atoms with Gasteiger partial charge < -0.3 is 10.2 Å². The zero-order valence-corrected chi connectivity index (χ0v) is 16.2. The molecule has 0 heterocycles. The van der Waals surface area contributed by atoms with Crippen molar-refractivity contribution in [2.75, 3.05) is 23.3 Å². The van der Waals surface area contributed by atoms with Gasteiger partial charge in [-0.3, -0.25) is 4.79 Å². The maximum Gasteiger partial charge on any atom is 0.255 e. The van der Waals surface area contributed by atoms with Crippen LogP contribution in [-0.4, -0.2) is 19.0 Å². The van der Waals surface area contributed by atoms with Crippen LogP contribution < -0.4 is 10.2 Å². The predicted octanol–water partition coefficient (Wildman–Crippen LogP) is 5.76. The summed E-state index contributed by atoms with van der Waals surface area (Å²) in [6.45, 7) is 8.26. The standard InChI is InChI=1S/C24H26N2O/c1-4-26(5-2)22-15-16-23(18(3)17-22)25-24(27)21-13-11-20(12-14-21)19-9-7-6-8-10-19/h6-17H,4-5H2,1-3H3,(H,25,27). The maximum absolute atomic E-state index is 12.6. The Morgan fingerprint density at radius 1 is 0.852 bits per heavy atom. The van der Waals surface area contributed by atoms with Crippen LogP contribution >= 0.6 is 0 Å². The molecule has 0 aliphatic rings. The molecule has 3 aromatic carbocycles. The molecule has 0 aliphatic heterocycles. The Kier molecular flexibility index (Phi) is 5.92. The summed E-state index contributed by atoms with van der Waals surface area (Å²) in [4.78, 5) is 14.9. The number of carbonyl (C=O) groups excluding carboxylic acids is 1. The van der Waals surface area contributed by atoms with Gasteiger partial charge in [0.05, 0.1) is 0 Å². The van der Waals surface area contributed by atoms with Crippen LogP contribution in [0.2, 0.25) is 0 Å². The number of hydrogen-bond donors (Lipinski definition) is 1. The van der Waals surface area contributed by atoms with E-state index in [1.165, 1.54) is 5.69 Å². The van der Waals surface area contributed by atoms with Gasteiger partial charge in [-0.1, -0.05) is 42.5 Å². The molecule has 3 nitrogen and oxygen atoms in total.